The van der Waals surface area contributed by atoms with Gasteiger partial charge in [-0.1, -0.05) is 18.2 Å². The van der Waals surface area contributed by atoms with E-state index in [1.165, 1.54) is 0 Å². The topological polar surface area (TPSA) is 69.7 Å². The molecule has 0 spiro atoms. The number of para-hydroxylation sites is 2. The Bertz CT molecular complexity index is 704. The number of ether oxygens (including phenoxy) is 3. The number of methoxy groups -OCH3 is 1. The number of hydrogen-bond donors (Lipinski definition) is 1. The van der Waals surface area contributed by atoms with Gasteiger partial charge < -0.3 is 19.5 Å². The number of nitrogens with one attached hydrogen (secondary N) is 1. The molecular formula is C17H18N2O4. The number of nitrogens with zero attached hydrogens (tertiary/aromatic N) is 1. The molecule has 2 atom stereocenters. The number of aromatic nitrogens is 1. The molecule has 6 heteroatoms. The van der Waals surface area contributed by atoms with E-state index in [0.29, 0.717) is 23.9 Å². The smallest absolute Gasteiger partial charge is 0.265 e. The second-order valence-corrected chi connectivity index (χ2v) is 5.20. The van der Waals surface area contributed by atoms with Crippen LogP contribution in [-0.2, 0) is 11.3 Å². The summed E-state index contributed by atoms with van der Waals surface area (Å²) in [4.78, 5) is 16.5. The quantitative estimate of drug-likeness (QED) is 0.934. The van der Waals surface area contributed by atoms with Gasteiger partial charge in [0.2, 0.25) is 12.0 Å². The summed E-state index contributed by atoms with van der Waals surface area (Å²) in [6.07, 6.45) is 0.564. The lowest BCUT2D eigenvalue weighted by Gasteiger charge is -2.31. The molecule has 0 unspecified atom stereocenters. The molecule has 23 heavy (non-hydrogen) atoms. The highest BCUT2D eigenvalue weighted by molar-refractivity contribution is 5.82. The first-order chi connectivity index (χ1) is 11.2. The molecule has 2 aromatic rings. The van der Waals surface area contributed by atoms with Crippen molar-refractivity contribution in [2.24, 2.45) is 0 Å². The summed E-state index contributed by atoms with van der Waals surface area (Å²) in [5.74, 6) is 1.48. The average Bonchev–Trinajstić information content (AvgIpc) is 2.59. The maximum Gasteiger partial charge on any atom is 0.265 e. The summed E-state index contributed by atoms with van der Waals surface area (Å²) >= 11 is 0. The number of hydrogen-bond acceptors (Lipinski definition) is 5. The Hall–Kier alpha value is -2.76. The van der Waals surface area contributed by atoms with E-state index in [9.17, 15) is 4.79 Å². The van der Waals surface area contributed by atoms with Gasteiger partial charge in [-0.15, -0.1) is 0 Å². The van der Waals surface area contributed by atoms with Crippen LogP contribution in [0, 0.1) is 0 Å². The summed E-state index contributed by atoms with van der Waals surface area (Å²) < 4.78 is 16.7. The van der Waals surface area contributed by atoms with Crippen LogP contribution in [0.5, 0.6) is 17.4 Å². The van der Waals surface area contributed by atoms with Crippen molar-refractivity contribution >= 4 is 5.91 Å². The average molecular weight is 314 g/mol. The Morgan fingerprint density at radius 1 is 1.22 bits per heavy atom. The highest BCUT2D eigenvalue weighted by Crippen LogP contribution is 2.33. The predicted octanol–water partition coefficient (Wildman–Crippen LogP) is 1.93. The Morgan fingerprint density at radius 3 is 2.70 bits per heavy atom. The molecular weight excluding hydrogens is 296 g/mol. The van der Waals surface area contributed by atoms with Crippen LogP contribution in [0.3, 0.4) is 0 Å². The minimum atomic E-state index is -0.701. The number of benzene rings is 1. The van der Waals surface area contributed by atoms with Crippen LogP contribution in [0.25, 0.3) is 0 Å². The molecule has 2 heterocycles. The van der Waals surface area contributed by atoms with E-state index >= 15 is 0 Å². The third-order valence-corrected chi connectivity index (χ3v) is 3.60. The first kappa shape index (κ1) is 15.1. The zero-order chi connectivity index (χ0) is 16.2. The number of pyridine rings is 1. The second kappa shape index (κ2) is 6.56. The van der Waals surface area contributed by atoms with Gasteiger partial charge in [0.25, 0.3) is 5.91 Å². The van der Waals surface area contributed by atoms with E-state index in [0.717, 1.165) is 5.56 Å². The molecule has 0 bridgehead atoms. The number of carbonyl (C=O) groups excluding carboxylic acids is 1. The fraction of sp³-hybridized carbons (Fsp3) is 0.294. The fourth-order valence-electron chi connectivity index (χ4n) is 2.43. The molecule has 0 aliphatic carbocycles. The van der Waals surface area contributed by atoms with Crippen LogP contribution in [0.15, 0.2) is 42.6 Å². The van der Waals surface area contributed by atoms with Crippen molar-refractivity contribution in [1.82, 2.24) is 10.3 Å². The van der Waals surface area contributed by atoms with Gasteiger partial charge in [0.15, 0.2) is 11.5 Å². The van der Waals surface area contributed by atoms with E-state index in [4.69, 9.17) is 14.2 Å². The Morgan fingerprint density at radius 2 is 1.96 bits per heavy atom. The van der Waals surface area contributed by atoms with Crippen molar-refractivity contribution in [3.05, 3.63) is 48.2 Å². The SMILES string of the molecule is COc1ncccc1CNC(=O)[C@@H]1Oc2ccccc2O[C@H]1C. The van der Waals surface area contributed by atoms with E-state index in [2.05, 4.69) is 10.3 Å². The largest absolute Gasteiger partial charge is 0.482 e. The van der Waals surface area contributed by atoms with Gasteiger partial charge in [-0.2, -0.15) is 0 Å². The molecule has 1 amide bonds. The summed E-state index contributed by atoms with van der Waals surface area (Å²) in [5.41, 5.74) is 0.799. The molecule has 1 aliphatic heterocycles. The van der Waals surface area contributed by atoms with Crippen molar-refractivity contribution in [3.8, 4) is 17.4 Å². The van der Waals surface area contributed by atoms with Crippen molar-refractivity contribution < 1.29 is 19.0 Å². The van der Waals surface area contributed by atoms with Gasteiger partial charge in [-0.3, -0.25) is 4.79 Å². The van der Waals surface area contributed by atoms with E-state index in [-0.39, 0.29) is 12.0 Å². The molecule has 1 aliphatic rings. The second-order valence-electron chi connectivity index (χ2n) is 5.20. The molecule has 3 rings (SSSR count). The predicted molar refractivity (Wildman–Crippen MR) is 83.6 cm³/mol. The van der Waals surface area contributed by atoms with Crippen LogP contribution in [-0.4, -0.2) is 30.2 Å². The normalized spacial score (nSPS) is 19.0. The van der Waals surface area contributed by atoms with Gasteiger partial charge in [-0.05, 0) is 25.1 Å². The molecule has 0 fully saturated rings. The number of carbonyl (C=O) groups is 1. The minimum Gasteiger partial charge on any atom is -0.482 e. The molecule has 1 aromatic carbocycles. The van der Waals surface area contributed by atoms with Gasteiger partial charge in [0.1, 0.15) is 6.10 Å². The van der Waals surface area contributed by atoms with Crippen molar-refractivity contribution in [2.45, 2.75) is 25.7 Å². The molecule has 1 aromatic heterocycles. The lowest BCUT2D eigenvalue weighted by molar-refractivity contribution is -0.133. The summed E-state index contributed by atoms with van der Waals surface area (Å²) in [6.45, 7) is 2.12. The highest BCUT2D eigenvalue weighted by atomic mass is 16.6. The minimum absolute atomic E-state index is 0.238. The number of rotatable bonds is 4. The Kier molecular flexibility index (Phi) is 4.32. The van der Waals surface area contributed by atoms with Crippen LogP contribution < -0.4 is 19.5 Å². The van der Waals surface area contributed by atoms with Crippen LogP contribution in [0.1, 0.15) is 12.5 Å². The van der Waals surface area contributed by atoms with Crippen LogP contribution in [0.2, 0.25) is 0 Å². The molecule has 0 saturated carbocycles. The molecule has 6 nitrogen and oxygen atoms in total. The van der Waals surface area contributed by atoms with Crippen molar-refractivity contribution in [1.29, 1.82) is 0 Å². The maximum absolute atomic E-state index is 12.4. The van der Waals surface area contributed by atoms with Crippen molar-refractivity contribution in [3.63, 3.8) is 0 Å². The first-order valence-electron chi connectivity index (χ1n) is 7.37. The van der Waals surface area contributed by atoms with Gasteiger partial charge >= 0.3 is 0 Å². The maximum atomic E-state index is 12.4. The number of fused-ring (bicyclic) bond motifs is 1. The lowest BCUT2D eigenvalue weighted by Crippen LogP contribution is -2.48. The summed E-state index contributed by atoms with van der Waals surface area (Å²) in [7, 11) is 1.55. The standard InChI is InChI=1S/C17H18N2O4/c1-11-15(23-14-8-4-3-7-13(14)22-11)16(20)19-10-12-6-5-9-18-17(12)21-2/h3-9,11,15H,10H2,1-2H3,(H,19,20)/t11-,15+/m0/s1. The summed E-state index contributed by atoms with van der Waals surface area (Å²) in [6, 6.07) is 11.0. The molecule has 0 saturated heterocycles. The Labute approximate surface area is 134 Å². The monoisotopic (exact) mass is 314 g/mol. The van der Waals surface area contributed by atoms with Crippen molar-refractivity contribution in [2.75, 3.05) is 7.11 Å². The highest BCUT2D eigenvalue weighted by Gasteiger charge is 2.33. The van der Waals surface area contributed by atoms with E-state index in [1.807, 2.05) is 31.2 Å². The zero-order valence-corrected chi connectivity index (χ0v) is 13.0. The third-order valence-electron chi connectivity index (χ3n) is 3.60. The third kappa shape index (κ3) is 3.21. The molecule has 120 valence electrons. The van der Waals surface area contributed by atoms with Gasteiger partial charge in [0, 0.05) is 18.3 Å². The lowest BCUT2D eigenvalue weighted by atomic mass is 10.1. The van der Waals surface area contributed by atoms with E-state index in [1.54, 1.807) is 25.4 Å². The first-order valence-corrected chi connectivity index (χ1v) is 7.37. The van der Waals surface area contributed by atoms with Crippen LogP contribution >= 0.6 is 0 Å². The molecule has 0 radical (unpaired) electrons. The molecule has 1 N–H and O–H groups in total. The fourth-order valence-corrected chi connectivity index (χ4v) is 2.43. The number of amides is 1. The summed E-state index contributed by atoms with van der Waals surface area (Å²) in [5, 5.41) is 2.84. The van der Waals surface area contributed by atoms with Gasteiger partial charge in [-0.25, -0.2) is 4.98 Å². The van der Waals surface area contributed by atoms with E-state index < -0.39 is 6.10 Å². The van der Waals surface area contributed by atoms with Crippen LogP contribution in [0.4, 0.5) is 0 Å². The van der Waals surface area contributed by atoms with Gasteiger partial charge in [0.05, 0.1) is 7.11 Å². The Balaban J connectivity index is 1.67. The zero-order valence-electron chi connectivity index (χ0n) is 13.0.